The first kappa shape index (κ1) is 21.2. The van der Waals surface area contributed by atoms with Gasteiger partial charge in [-0.25, -0.2) is 9.97 Å². The van der Waals surface area contributed by atoms with Gasteiger partial charge >= 0.3 is 5.24 Å². The summed E-state index contributed by atoms with van der Waals surface area (Å²) in [7, 11) is 0. The Kier molecular flexibility index (Phi) is 5.84. The maximum Gasteiger partial charge on any atom is 0.317 e. The van der Waals surface area contributed by atoms with Gasteiger partial charge in [-0.2, -0.15) is 0 Å². The molecular weight excluding hydrogens is 504 g/mol. The van der Waals surface area contributed by atoms with Crippen LogP contribution in [0.4, 0.5) is 10.5 Å². The molecule has 0 aliphatic rings. The first-order valence-electron chi connectivity index (χ1n) is 9.99. The highest BCUT2D eigenvalue weighted by Gasteiger charge is 2.16. The third-order valence-corrected chi connectivity index (χ3v) is 6.12. The molecule has 2 heterocycles. The van der Waals surface area contributed by atoms with E-state index < -0.39 is 5.24 Å². The number of carbonyl (C=O) groups is 2. The summed E-state index contributed by atoms with van der Waals surface area (Å²) in [6.07, 6.45) is 0. The van der Waals surface area contributed by atoms with Crippen molar-refractivity contribution in [3.63, 3.8) is 0 Å². The monoisotopic (exact) mass is 520 g/mol. The second-order valence-corrected chi connectivity index (χ2v) is 8.85. The van der Waals surface area contributed by atoms with E-state index in [0.717, 1.165) is 49.6 Å². The summed E-state index contributed by atoms with van der Waals surface area (Å²) in [4.78, 5) is 34.3. The van der Waals surface area contributed by atoms with E-state index in [9.17, 15) is 9.59 Å². The van der Waals surface area contributed by atoms with Crippen LogP contribution in [0.15, 0.2) is 77.3 Å². The molecule has 2 amide bonds. The van der Waals surface area contributed by atoms with Crippen molar-refractivity contribution in [2.75, 3.05) is 4.72 Å². The van der Waals surface area contributed by atoms with Crippen molar-refractivity contribution in [2.45, 2.75) is 6.54 Å². The van der Waals surface area contributed by atoms with Gasteiger partial charge in [0.1, 0.15) is 12.1 Å². The smallest absolute Gasteiger partial charge is 0.317 e. The lowest BCUT2D eigenvalue weighted by molar-refractivity contribution is -0.122. The fraction of sp³-hybridized carbons (Fsp3) is 0.0435. The van der Waals surface area contributed by atoms with Crippen LogP contribution in [-0.4, -0.2) is 25.7 Å². The lowest BCUT2D eigenvalue weighted by atomic mass is 10.2. The third-order valence-electron chi connectivity index (χ3n) is 4.97. The van der Waals surface area contributed by atoms with Crippen molar-refractivity contribution < 1.29 is 9.59 Å². The van der Waals surface area contributed by atoms with Crippen molar-refractivity contribution in [3.05, 3.63) is 77.3 Å². The molecule has 3 N–H and O–H groups in total. The summed E-state index contributed by atoms with van der Waals surface area (Å²) in [6, 6.07) is 22.7. The number of nitrogens with one attached hydrogen (secondary N) is 3. The quantitative estimate of drug-likeness (QED) is 0.227. The number of nitrogens with zero attached hydrogens (tertiary/aromatic N) is 3. The molecule has 5 rings (SSSR count). The highest BCUT2D eigenvalue weighted by molar-refractivity contribution is 9.10. The normalized spacial score (nSPS) is 11.1. The maximum absolute atomic E-state index is 12.6. The van der Waals surface area contributed by atoms with Crippen molar-refractivity contribution >= 4 is 77.8 Å². The largest absolute Gasteiger partial charge is 0.322 e. The zero-order valence-electron chi connectivity index (χ0n) is 17.1. The van der Waals surface area contributed by atoms with Gasteiger partial charge in [0, 0.05) is 27.5 Å². The fourth-order valence-corrected chi connectivity index (χ4v) is 4.21. The van der Waals surface area contributed by atoms with E-state index in [2.05, 4.69) is 31.5 Å². The summed E-state index contributed by atoms with van der Waals surface area (Å²) < 4.78 is 5.66. The number of para-hydroxylation sites is 3. The van der Waals surface area contributed by atoms with Crippen LogP contribution in [0.3, 0.4) is 0 Å². The van der Waals surface area contributed by atoms with Crippen LogP contribution in [0.5, 0.6) is 0 Å². The Labute approximate surface area is 201 Å². The summed E-state index contributed by atoms with van der Waals surface area (Å²) in [5, 5.41) is 0.469. The first-order chi connectivity index (χ1) is 16.1. The van der Waals surface area contributed by atoms with Crippen LogP contribution in [0.25, 0.3) is 33.1 Å². The number of hydrazine groups is 1. The summed E-state index contributed by atoms with van der Waals surface area (Å²) in [5.74, 6) is -0.384. The molecule has 0 radical (unpaired) electrons. The minimum Gasteiger partial charge on any atom is -0.322 e. The maximum atomic E-state index is 12.6. The molecule has 164 valence electrons. The molecule has 2 aromatic heterocycles. The highest BCUT2D eigenvalue weighted by Crippen LogP contribution is 2.28. The summed E-state index contributed by atoms with van der Waals surface area (Å²) in [6.45, 7) is -0.0257. The van der Waals surface area contributed by atoms with Crippen molar-refractivity contribution in [3.8, 4) is 0 Å². The molecule has 3 aromatic carbocycles. The molecule has 33 heavy (non-hydrogen) atoms. The molecule has 5 aromatic rings. The molecule has 0 saturated carbocycles. The van der Waals surface area contributed by atoms with Gasteiger partial charge in [0.2, 0.25) is 0 Å². The molecule has 0 saturated heterocycles. The average molecular weight is 521 g/mol. The minimum atomic E-state index is -0.445. The second-order valence-electron chi connectivity index (χ2n) is 7.16. The van der Waals surface area contributed by atoms with Crippen LogP contribution in [0.2, 0.25) is 0 Å². The number of fused-ring (bicyclic) bond motifs is 4. The number of anilines is 1. The van der Waals surface area contributed by atoms with Crippen LogP contribution in [0, 0.1) is 0 Å². The molecule has 0 spiro atoms. The number of aromatic nitrogens is 3. The number of halogens is 1. The Balaban J connectivity index is 1.31. The molecule has 0 atom stereocenters. The van der Waals surface area contributed by atoms with Crippen LogP contribution >= 0.6 is 27.9 Å². The molecule has 0 bridgehead atoms. The molecule has 0 unspecified atom stereocenters. The zero-order valence-corrected chi connectivity index (χ0v) is 19.5. The predicted molar refractivity (Wildman–Crippen MR) is 135 cm³/mol. The number of benzene rings is 3. The average Bonchev–Trinajstić information content (AvgIpc) is 3.13. The molecule has 0 aliphatic carbocycles. The highest BCUT2D eigenvalue weighted by atomic mass is 79.9. The Bertz CT molecular complexity index is 1500. The first-order valence-corrected chi connectivity index (χ1v) is 11.6. The van der Waals surface area contributed by atoms with Crippen molar-refractivity contribution in [1.82, 2.24) is 25.4 Å². The zero-order chi connectivity index (χ0) is 22.8. The standard InChI is InChI=1S/C23H17BrN6O2S/c24-14-9-11-15(12-10-14)29-33-23(32)28-27-20(31)13-30-19-8-4-1-5-16(19)21-22(30)26-18-7-3-2-6-17(18)25-21/h1-12,29H,13H2,(H,27,31)(H,28,32). The van der Waals surface area contributed by atoms with E-state index in [-0.39, 0.29) is 12.5 Å². The molecule has 0 fully saturated rings. The Hall–Kier alpha value is -3.63. The Morgan fingerprint density at radius 2 is 1.58 bits per heavy atom. The Morgan fingerprint density at radius 3 is 2.36 bits per heavy atom. The van der Waals surface area contributed by atoms with Gasteiger partial charge in [-0.3, -0.25) is 20.4 Å². The SMILES string of the molecule is O=C(Cn1c2ccccc2c2nc3ccccc3nc21)NNC(=O)SNc1ccc(Br)cc1. The number of hydrogen-bond donors (Lipinski definition) is 3. The lowest BCUT2D eigenvalue weighted by Crippen LogP contribution is -2.41. The van der Waals surface area contributed by atoms with E-state index in [4.69, 9.17) is 9.97 Å². The van der Waals surface area contributed by atoms with Gasteiger partial charge in [0.15, 0.2) is 5.65 Å². The van der Waals surface area contributed by atoms with Crippen LogP contribution in [0.1, 0.15) is 0 Å². The van der Waals surface area contributed by atoms with Crippen LogP contribution in [-0.2, 0) is 11.3 Å². The number of amides is 2. The summed E-state index contributed by atoms with van der Waals surface area (Å²) >= 11 is 4.19. The number of hydrogen-bond acceptors (Lipinski definition) is 6. The topological polar surface area (TPSA) is 101 Å². The van der Waals surface area contributed by atoms with Gasteiger partial charge in [0.25, 0.3) is 5.91 Å². The Morgan fingerprint density at radius 1 is 0.879 bits per heavy atom. The molecule has 0 aliphatic heterocycles. The van der Waals surface area contributed by atoms with Crippen molar-refractivity contribution in [2.24, 2.45) is 0 Å². The second kappa shape index (κ2) is 9.08. The minimum absolute atomic E-state index is 0.0257. The van der Waals surface area contributed by atoms with Gasteiger partial charge in [-0.1, -0.05) is 46.3 Å². The van der Waals surface area contributed by atoms with Crippen molar-refractivity contribution in [1.29, 1.82) is 0 Å². The van der Waals surface area contributed by atoms with E-state index in [1.165, 1.54) is 0 Å². The van der Waals surface area contributed by atoms with E-state index in [1.807, 2.05) is 72.8 Å². The van der Waals surface area contributed by atoms with E-state index in [1.54, 1.807) is 4.57 Å². The van der Waals surface area contributed by atoms with Gasteiger partial charge in [-0.15, -0.1) is 0 Å². The number of rotatable bonds is 4. The van der Waals surface area contributed by atoms with Gasteiger partial charge < -0.3 is 9.29 Å². The van der Waals surface area contributed by atoms with Crippen LogP contribution < -0.4 is 15.6 Å². The fourth-order valence-electron chi connectivity index (χ4n) is 3.50. The molecule has 10 heteroatoms. The predicted octanol–water partition coefficient (Wildman–Crippen LogP) is 5.00. The van der Waals surface area contributed by atoms with E-state index >= 15 is 0 Å². The third kappa shape index (κ3) is 4.48. The molecular formula is C23H17BrN6O2S. The van der Waals surface area contributed by atoms with Gasteiger partial charge in [-0.05, 0) is 42.5 Å². The number of carbonyl (C=O) groups excluding carboxylic acids is 2. The van der Waals surface area contributed by atoms with E-state index in [0.29, 0.717) is 5.65 Å². The lowest BCUT2D eigenvalue weighted by Gasteiger charge is -2.10. The summed E-state index contributed by atoms with van der Waals surface area (Å²) in [5.41, 5.74) is 9.36. The van der Waals surface area contributed by atoms with Gasteiger partial charge in [0.05, 0.1) is 16.6 Å². The molecule has 8 nitrogen and oxygen atoms in total.